The largest absolute Gasteiger partial charge is 0.359 e. The van der Waals surface area contributed by atoms with Crippen LogP contribution in [-0.2, 0) is 10.2 Å². The summed E-state index contributed by atoms with van der Waals surface area (Å²) in [6, 6.07) is 6.61. The van der Waals surface area contributed by atoms with Gasteiger partial charge in [-0.3, -0.25) is 9.79 Å². The van der Waals surface area contributed by atoms with Crippen molar-refractivity contribution in [2.75, 3.05) is 27.2 Å². The van der Waals surface area contributed by atoms with Crippen LogP contribution in [0.3, 0.4) is 0 Å². The number of hydrogen-bond acceptors (Lipinski definition) is 2. The number of amides is 1. The van der Waals surface area contributed by atoms with Crippen LogP contribution < -0.4 is 16.0 Å². The lowest BCUT2D eigenvalue weighted by Crippen LogP contribution is -2.49. The molecule has 0 atom stereocenters. The summed E-state index contributed by atoms with van der Waals surface area (Å²) >= 11 is 0. The van der Waals surface area contributed by atoms with Crippen LogP contribution in [0.4, 0.5) is 4.39 Å². The van der Waals surface area contributed by atoms with E-state index in [2.05, 4.69) is 20.9 Å². The third-order valence-corrected chi connectivity index (χ3v) is 4.07. The Labute approximate surface area is 167 Å². The topological polar surface area (TPSA) is 65.5 Å². The minimum Gasteiger partial charge on any atom is -0.359 e. The summed E-state index contributed by atoms with van der Waals surface area (Å²) < 4.78 is 13.4. The highest BCUT2D eigenvalue weighted by Crippen LogP contribution is 2.22. The van der Waals surface area contributed by atoms with Gasteiger partial charge in [0.05, 0.1) is 5.41 Å². The van der Waals surface area contributed by atoms with E-state index in [1.54, 1.807) is 26.2 Å². The highest BCUT2D eigenvalue weighted by atomic mass is 127. The van der Waals surface area contributed by atoms with Gasteiger partial charge in [-0.15, -0.1) is 24.0 Å². The van der Waals surface area contributed by atoms with Gasteiger partial charge < -0.3 is 16.0 Å². The lowest BCUT2D eigenvalue weighted by molar-refractivity contribution is -0.128. The van der Waals surface area contributed by atoms with E-state index in [1.165, 1.54) is 6.07 Å². The van der Waals surface area contributed by atoms with Gasteiger partial charge in [0.15, 0.2) is 5.96 Å². The van der Waals surface area contributed by atoms with Gasteiger partial charge in [0.1, 0.15) is 5.82 Å². The van der Waals surface area contributed by atoms with Gasteiger partial charge in [-0.2, -0.15) is 0 Å². The maximum atomic E-state index is 13.4. The van der Waals surface area contributed by atoms with E-state index in [0.717, 1.165) is 5.56 Å². The molecule has 1 aromatic rings. The molecule has 0 saturated carbocycles. The van der Waals surface area contributed by atoms with Gasteiger partial charge in [-0.25, -0.2) is 4.39 Å². The molecular weight excluding hydrogens is 434 g/mol. The van der Waals surface area contributed by atoms with Crippen LogP contribution in [0.2, 0.25) is 0 Å². The van der Waals surface area contributed by atoms with Crippen molar-refractivity contribution in [2.24, 2.45) is 10.4 Å². The molecule has 0 heterocycles. The summed E-state index contributed by atoms with van der Waals surface area (Å²) in [5, 5.41) is 9.06. The van der Waals surface area contributed by atoms with E-state index in [1.807, 2.05) is 33.8 Å². The molecule has 7 heteroatoms. The molecule has 3 N–H and O–H groups in total. The third-order valence-electron chi connectivity index (χ3n) is 4.07. The first kappa shape index (κ1) is 23.6. The van der Waals surface area contributed by atoms with Gasteiger partial charge in [0, 0.05) is 32.6 Å². The molecule has 0 bridgehead atoms. The van der Waals surface area contributed by atoms with Crippen LogP contribution in [0.15, 0.2) is 29.3 Å². The van der Waals surface area contributed by atoms with Crippen molar-refractivity contribution >= 4 is 35.8 Å². The average molecular weight is 464 g/mol. The summed E-state index contributed by atoms with van der Waals surface area (Å²) in [5.41, 5.74) is 0.0941. The SMILES string of the molecule is CN=C(NCC(C)(C)C(=O)NC)NCC(C)(C)c1cccc(F)c1.I. The zero-order valence-corrected chi connectivity index (χ0v) is 18.2. The Morgan fingerprint density at radius 2 is 1.76 bits per heavy atom. The molecule has 0 radical (unpaired) electrons. The molecule has 0 unspecified atom stereocenters. The molecule has 1 rings (SSSR count). The molecule has 0 aliphatic rings. The van der Waals surface area contributed by atoms with Crippen molar-refractivity contribution in [2.45, 2.75) is 33.1 Å². The van der Waals surface area contributed by atoms with Crippen LogP contribution in [-0.4, -0.2) is 39.1 Å². The van der Waals surface area contributed by atoms with E-state index in [0.29, 0.717) is 19.0 Å². The van der Waals surface area contributed by atoms with Crippen molar-refractivity contribution in [3.05, 3.63) is 35.6 Å². The Hall–Kier alpha value is -1.38. The first-order chi connectivity index (χ1) is 11.1. The molecule has 1 aromatic carbocycles. The van der Waals surface area contributed by atoms with E-state index < -0.39 is 5.41 Å². The fourth-order valence-corrected chi connectivity index (χ4v) is 2.26. The Morgan fingerprint density at radius 3 is 2.28 bits per heavy atom. The second-order valence-electron chi connectivity index (χ2n) is 7.14. The molecule has 25 heavy (non-hydrogen) atoms. The minimum atomic E-state index is -0.551. The fourth-order valence-electron chi connectivity index (χ4n) is 2.26. The minimum absolute atomic E-state index is 0. The van der Waals surface area contributed by atoms with Crippen molar-refractivity contribution in [1.82, 2.24) is 16.0 Å². The molecule has 1 amide bonds. The van der Waals surface area contributed by atoms with E-state index in [4.69, 9.17) is 0 Å². The molecule has 0 spiro atoms. The maximum Gasteiger partial charge on any atom is 0.227 e. The van der Waals surface area contributed by atoms with E-state index in [9.17, 15) is 9.18 Å². The number of nitrogens with one attached hydrogen (secondary N) is 3. The molecular formula is C18H30FIN4O. The van der Waals surface area contributed by atoms with E-state index in [-0.39, 0.29) is 41.1 Å². The highest BCUT2D eigenvalue weighted by molar-refractivity contribution is 14.0. The Balaban J connectivity index is 0.00000576. The highest BCUT2D eigenvalue weighted by Gasteiger charge is 2.27. The van der Waals surface area contributed by atoms with Gasteiger partial charge in [0.2, 0.25) is 5.91 Å². The standard InChI is InChI=1S/C18H29FN4O.HI/c1-17(2,13-8-7-9-14(19)10-13)11-22-16(21-6)23-12-18(3,4)15(24)20-5;/h7-10H,11-12H2,1-6H3,(H,20,24)(H2,21,22,23);1H. The first-order valence-corrected chi connectivity index (χ1v) is 8.05. The molecule has 142 valence electrons. The number of halogens is 2. The van der Waals surface area contributed by atoms with Crippen molar-refractivity contribution in [1.29, 1.82) is 0 Å². The lowest BCUT2D eigenvalue weighted by Gasteiger charge is -2.28. The molecule has 5 nitrogen and oxygen atoms in total. The van der Waals surface area contributed by atoms with Crippen molar-refractivity contribution in [3.8, 4) is 0 Å². The van der Waals surface area contributed by atoms with Crippen LogP contribution in [0.1, 0.15) is 33.3 Å². The number of guanidine groups is 1. The summed E-state index contributed by atoms with van der Waals surface area (Å²) in [5.74, 6) is 0.331. The molecule has 0 aromatic heterocycles. The number of nitrogens with zero attached hydrogens (tertiary/aromatic N) is 1. The second kappa shape index (κ2) is 9.94. The Bertz CT molecular complexity index is 602. The molecule has 0 aliphatic heterocycles. The van der Waals surface area contributed by atoms with E-state index >= 15 is 0 Å². The first-order valence-electron chi connectivity index (χ1n) is 8.05. The van der Waals surface area contributed by atoms with Crippen LogP contribution in [0.25, 0.3) is 0 Å². The number of benzene rings is 1. The third kappa shape index (κ3) is 7.17. The van der Waals surface area contributed by atoms with Crippen molar-refractivity contribution < 1.29 is 9.18 Å². The van der Waals surface area contributed by atoms with Gasteiger partial charge in [-0.1, -0.05) is 26.0 Å². The molecule has 0 saturated heterocycles. The summed E-state index contributed by atoms with van der Waals surface area (Å²) in [4.78, 5) is 16.0. The lowest BCUT2D eigenvalue weighted by atomic mass is 9.84. The summed E-state index contributed by atoms with van der Waals surface area (Å²) in [6.07, 6.45) is 0. The van der Waals surface area contributed by atoms with Crippen molar-refractivity contribution in [3.63, 3.8) is 0 Å². The summed E-state index contributed by atoms with van der Waals surface area (Å²) in [6.45, 7) is 8.84. The number of rotatable bonds is 6. The smallest absolute Gasteiger partial charge is 0.227 e. The molecule has 0 fully saturated rings. The number of carbonyl (C=O) groups excluding carboxylic acids is 1. The predicted octanol–water partition coefficient (Wildman–Crippen LogP) is 2.66. The zero-order valence-electron chi connectivity index (χ0n) is 15.9. The number of hydrogen-bond donors (Lipinski definition) is 3. The maximum absolute atomic E-state index is 13.4. The van der Waals surface area contributed by atoms with Gasteiger partial charge in [-0.05, 0) is 31.5 Å². The summed E-state index contributed by atoms with van der Waals surface area (Å²) in [7, 11) is 3.30. The van der Waals surface area contributed by atoms with Crippen LogP contribution in [0, 0.1) is 11.2 Å². The quantitative estimate of drug-likeness (QED) is 0.345. The zero-order chi connectivity index (χ0) is 18.4. The monoisotopic (exact) mass is 464 g/mol. The van der Waals surface area contributed by atoms with Crippen LogP contribution in [0.5, 0.6) is 0 Å². The van der Waals surface area contributed by atoms with Gasteiger partial charge in [0.25, 0.3) is 0 Å². The average Bonchev–Trinajstić information content (AvgIpc) is 2.54. The van der Waals surface area contributed by atoms with Crippen LogP contribution >= 0.6 is 24.0 Å². The Morgan fingerprint density at radius 1 is 1.16 bits per heavy atom. The fraction of sp³-hybridized carbons (Fsp3) is 0.556. The number of carbonyl (C=O) groups is 1. The normalized spacial score (nSPS) is 12.2. The molecule has 0 aliphatic carbocycles. The second-order valence-corrected chi connectivity index (χ2v) is 7.14. The predicted molar refractivity (Wildman–Crippen MR) is 112 cm³/mol. The Kier molecular flexibility index (Phi) is 9.39. The number of aliphatic imine (C=N–C) groups is 1. The van der Waals surface area contributed by atoms with Gasteiger partial charge >= 0.3 is 0 Å².